The van der Waals surface area contributed by atoms with Gasteiger partial charge in [-0.1, -0.05) is 48.5 Å². The van der Waals surface area contributed by atoms with Gasteiger partial charge >= 0.3 is 0 Å². The van der Waals surface area contributed by atoms with Crippen molar-refractivity contribution in [3.8, 4) is 0 Å². The summed E-state index contributed by atoms with van der Waals surface area (Å²) in [6.45, 7) is 3.77. The third-order valence-corrected chi connectivity index (χ3v) is 12.2. The molecule has 0 saturated carbocycles. The van der Waals surface area contributed by atoms with E-state index >= 15 is 0 Å². The Bertz CT molecular complexity index is 2550. The zero-order valence-electron chi connectivity index (χ0n) is 43.9. The van der Waals surface area contributed by atoms with E-state index in [9.17, 15) is 43.2 Å². The van der Waals surface area contributed by atoms with E-state index in [-0.39, 0.29) is 61.6 Å². The summed E-state index contributed by atoms with van der Waals surface area (Å²) in [6.07, 6.45) is 2.31. The summed E-state index contributed by atoms with van der Waals surface area (Å²) in [4.78, 5) is 124. The largest absolute Gasteiger partial charge is 0.370 e. The number of carbonyl (C=O) groups is 9. The van der Waals surface area contributed by atoms with Crippen molar-refractivity contribution >= 4 is 102 Å². The van der Waals surface area contributed by atoms with Crippen LogP contribution in [0.4, 0.5) is 0 Å². The Kier molecular flexibility index (Phi) is 25.7. The highest BCUT2D eigenvalue weighted by Crippen LogP contribution is 2.20. The third-order valence-electron chi connectivity index (χ3n) is 11.5. The first kappa shape index (κ1) is 58.7. The van der Waals surface area contributed by atoms with Gasteiger partial charge in [-0.25, -0.2) is 10.4 Å². The van der Waals surface area contributed by atoms with Gasteiger partial charge in [-0.15, -0.1) is 0 Å². The molecule has 1 saturated heterocycles. The normalized spacial score (nSPS) is 16.2. The molecule has 2 heterocycles. The fourth-order valence-corrected chi connectivity index (χ4v) is 8.07. The second kappa shape index (κ2) is 32.8. The number of benzene rings is 2. The van der Waals surface area contributed by atoms with Crippen molar-refractivity contribution < 1.29 is 45.9 Å². The predicted octanol–water partition coefficient (Wildman–Crippen LogP) is -2.92. The molecule has 7 amide bonds. The summed E-state index contributed by atoms with van der Waals surface area (Å²) < 4.78 is 14.6. The minimum atomic E-state index is -1.23. The zero-order valence-corrected chi connectivity index (χ0v) is 43.7. The van der Waals surface area contributed by atoms with E-state index in [4.69, 9.17) is 31.4 Å². The van der Waals surface area contributed by atoms with Gasteiger partial charge < -0.3 is 75.1 Å². The Morgan fingerprint density at radius 1 is 0.720 bits per heavy atom. The number of para-hydroxylation sites is 1. The van der Waals surface area contributed by atoms with Gasteiger partial charge in [0.05, 0.1) is 18.1 Å². The summed E-state index contributed by atoms with van der Waals surface area (Å²) in [5, 5.41) is 18.1. The van der Waals surface area contributed by atoms with Gasteiger partial charge in [-0.05, 0) is 62.6 Å². The van der Waals surface area contributed by atoms with Crippen molar-refractivity contribution in [1.82, 2.24) is 47.3 Å². The molecule has 1 aliphatic rings. The lowest BCUT2D eigenvalue weighted by molar-refractivity contribution is -0.134. The third kappa shape index (κ3) is 22.0. The van der Waals surface area contributed by atoms with Crippen LogP contribution < -0.4 is 66.0 Å². The molecule has 0 aliphatic carbocycles. The first-order chi connectivity index (χ1) is 36.5. The van der Waals surface area contributed by atoms with E-state index in [0.717, 1.165) is 16.5 Å². The van der Waals surface area contributed by atoms with Gasteiger partial charge in [-0.3, -0.25) is 43.5 Å². The van der Waals surface area contributed by atoms with E-state index in [1.54, 1.807) is 42.4 Å². The number of hydrogen-bond donors (Lipinski definition) is 15. The fourth-order valence-electron chi connectivity index (χ4n) is 7.64. The van der Waals surface area contributed by atoms with E-state index in [2.05, 4.69) is 77.6 Å². The minimum absolute atomic E-state index is 0.00879. The lowest BCUT2D eigenvalue weighted by atomic mass is 10.0. The Labute approximate surface area is 448 Å². The van der Waals surface area contributed by atoms with E-state index in [0.29, 0.717) is 44.3 Å². The molecule has 75 heavy (non-hydrogen) atoms. The Morgan fingerprint density at radius 2 is 1.25 bits per heavy atom. The van der Waals surface area contributed by atoms with Crippen molar-refractivity contribution in [2.45, 2.75) is 114 Å². The maximum Gasteiger partial charge on any atom is 0.243 e. The number of fused-ring (bicyclic) bond motifs is 1. The molecule has 2 aromatic carbocycles. The number of rotatable bonds is 30. The van der Waals surface area contributed by atoms with Gasteiger partial charge in [0.15, 0.2) is 11.9 Å². The SMILES string of the molecule is [2H]C(=O)[C@@H]1CCCN1N[C@@H](C)C(=O)NC(Cc1ccccc1)C(=O)N[C@@H](CCCN=C(N)N)C(=O)NC(Cc1c[nH]c2ccccc12)C(=O)N[C@@H](CS)C(N)=O.[2H]C(=O)[C@H](CS)NC(=O)[C@H](CCCN=C(N)N)NC(C)=O. The van der Waals surface area contributed by atoms with Crippen molar-refractivity contribution in [2.24, 2.45) is 38.7 Å². The average molecular weight is 1080 g/mol. The van der Waals surface area contributed by atoms with E-state index in [1.165, 1.54) is 6.92 Å². The van der Waals surface area contributed by atoms with Crippen LogP contribution in [-0.2, 0) is 56.0 Å². The molecule has 1 aromatic heterocycles. The number of nitrogens with one attached hydrogen (secondary N) is 8. The van der Waals surface area contributed by atoms with Crippen molar-refractivity contribution in [1.29, 1.82) is 0 Å². The summed E-state index contributed by atoms with van der Waals surface area (Å²) in [5.41, 5.74) is 32.1. The molecule has 25 nitrogen and oxygen atoms in total. The first-order valence-corrected chi connectivity index (χ1v) is 25.3. The average Bonchev–Trinajstić information content (AvgIpc) is 4.03. The van der Waals surface area contributed by atoms with Crippen LogP contribution >= 0.6 is 25.3 Å². The van der Waals surface area contributed by atoms with Crippen LogP contribution in [0.25, 0.3) is 10.9 Å². The molecule has 3 aromatic rings. The van der Waals surface area contributed by atoms with Gasteiger partial charge in [0.25, 0.3) is 0 Å². The van der Waals surface area contributed by atoms with Crippen molar-refractivity contribution in [3.05, 3.63) is 71.9 Å². The monoisotopic (exact) mass is 1080 g/mol. The fraction of sp³-hybridized carbons (Fsp3) is 0.479. The number of guanidine groups is 2. The quantitative estimate of drug-likeness (QED) is 0.0105. The van der Waals surface area contributed by atoms with Gasteiger partial charge in [-0.2, -0.15) is 25.3 Å². The lowest BCUT2D eigenvalue weighted by Gasteiger charge is -2.28. The number of aliphatic imine (C=N–C) groups is 2. The first-order valence-electron chi connectivity index (χ1n) is 25.1. The van der Waals surface area contributed by atoms with Crippen LogP contribution in [0.3, 0.4) is 0 Å². The molecule has 18 N–H and O–H groups in total. The van der Waals surface area contributed by atoms with Crippen LogP contribution in [0.1, 0.15) is 66.2 Å². The number of aromatic nitrogens is 1. The molecule has 8 atom stereocenters. The lowest BCUT2D eigenvalue weighted by Crippen LogP contribution is -2.60. The minimum Gasteiger partial charge on any atom is -0.370 e. The van der Waals surface area contributed by atoms with E-state index in [1.807, 2.05) is 30.3 Å². The molecular weight excluding hydrogens is 1010 g/mol. The van der Waals surface area contributed by atoms with Crippen molar-refractivity contribution in [2.75, 3.05) is 31.1 Å². The molecule has 1 aliphatic heterocycles. The summed E-state index contributed by atoms with van der Waals surface area (Å²) in [6, 6.07) is 8.25. The standard InChI is InChI=1S/C37H51N11O6S.C11H21N5O3S/c1-22(47-48-16-8-11-25(48)20-49)33(51)44-29(17-23-9-3-2-4-10-23)35(53)43-28(14-7-15-41-37(39)40)34(52)45-30(36(54)46-31(21-55)32(38)50)18-24-19-42-27-13-6-5-12-26(24)27;1-7(18)15-9(3-2-4-14-11(12)13)10(19)16-8(5-17)6-20/h2-6,9-10,12-13,19-20,22,25,28-31,42,47,55H,7-8,11,14-18,21H2,1H3,(H2,38,50)(H,43,53)(H,44,51)(H,45,52)(H,46,54)(H4,39,40,41);5,8-9,20H,2-4,6H2,1H3,(H,15,18)(H,16,19)(H4,12,13,14)/t22-,25-,28-,29?,30?,31-;8-,9+/m01/s1/i20D;5D. The Balaban J connectivity index is 0.000000625. The summed E-state index contributed by atoms with van der Waals surface area (Å²) in [7, 11) is 0. The van der Waals surface area contributed by atoms with Gasteiger partial charge in [0.2, 0.25) is 41.4 Å². The molecule has 410 valence electrons. The van der Waals surface area contributed by atoms with Crippen LogP contribution in [0.15, 0.2) is 70.8 Å². The zero-order chi connectivity index (χ0) is 57.2. The number of nitrogens with two attached hydrogens (primary N) is 5. The Morgan fingerprint density at radius 3 is 1.81 bits per heavy atom. The number of nitrogens with zero attached hydrogens (tertiary/aromatic N) is 3. The van der Waals surface area contributed by atoms with Gasteiger partial charge in [0.1, 0.15) is 45.5 Å². The second-order valence-corrected chi connectivity index (χ2v) is 18.1. The number of primary amides is 1. The van der Waals surface area contributed by atoms with E-state index < -0.39 is 96.3 Å². The Hall–Kier alpha value is -7.23. The van der Waals surface area contributed by atoms with Crippen LogP contribution in [-0.4, -0.2) is 155 Å². The smallest absolute Gasteiger partial charge is 0.243 e. The number of aldehydes is 2. The molecule has 1 fully saturated rings. The topological polar surface area (TPSA) is 412 Å². The number of thiol groups is 2. The second-order valence-electron chi connectivity index (χ2n) is 17.4. The van der Waals surface area contributed by atoms with Gasteiger partial charge in [0, 0.05) is 68.0 Å². The number of aromatic amines is 1. The maximum absolute atomic E-state index is 14.1. The number of amides is 7. The highest BCUT2D eigenvalue weighted by molar-refractivity contribution is 7.80. The maximum atomic E-state index is 14.1. The number of hydrazine groups is 1. The number of carbonyl (C=O) groups excluding carboxylic acids is 9. The summed E-state index contributed by atoms with van der Waals surface area (Å²) >= 11 is 8.02. The molecule has 4 rings (SSSR count). The number of hydrogen-bond acceptors (Lipinski definition) is 15. The highest BCUT2D eigenvalue weighted by atomic mass is 32.1. The molecule has 0 spiro atoms. The van der Waals surface area contributed by atoms with Crippen LogP contribution in [0, 0.1) is 0 Å². The summed E-state index contributed by atoms with van der Waals surface area (Å²) in [5.74, 6) is -4.66. The van der Waals surface area contributed by atoms with Crippen molar-refractivity contribution in [3.63, 3.8) is 0 Å². The highest BCUT2D eigenvalue weighted by Gasteiger charge is 2.33. The predicted molar refractivity (Wildman–Crippen MR) is 291 cm³/mol. The molecule has 2 unspecified atom stereocenters. The molecule has 0 bridgehead atoms. The van der Waals surface area contributed by atoms with Crippen LogP contribution in [0.5, 0.6) is 0 Å². The number of H-pyrrole nitrogens is 1. The molecule has 0 radical (unpaired) electrons. The van der Waals surface area contributed by atoms with Crippen LogP contribution in [0.2, 0.25) is 0 Å². The molecular formula is C48H72N16O9S2. The molecule has 27 heteroatoms.